The molecule has 0 spiro atoms. The second kappa shape index (κ2) is 6.89. The highest BCUT2D eigenvalue weighted by molar-refractivity contribution is 7.92. The molecule has 2 aromatic carbocycles. The summed E-state index contributed by atoms with van der Waals surface area (Å²) in [5.74, 6) is -1.00. The Morgan fingerprint density at radius 1 is 1.22 bits per heavy atom. The largest absolute Gasteiger partial charge is 0.380 e. The van der Waals surface area contributed by atoms with Crippen LogP contribution in [0.5, 0.6) is 0 Å². The molecule has 0 aliphatic rings. The second-order valence-electron chi connectivity index (χ2n) is 4.93. The highest BCUT2D eigenvalue weighted by Crippen LogP contribution is 2.22. The average molecular weight is 337 g/mol. The van der Waals surface area contributed by atoms with E-state index in [1.165, 1.54) is 32.2 Å². The fourth-order valence-electron chi connectivity index (χ4n) is 2.08. The molecule has 0 radical (unpaired) electrons. The lowest BCUT2D eigenvalue weighted by Gasteiger charge is -2.12. The topological polar surface area (TPSA) is 72.5 Å². The molecule has 5 nitrogen and oxygen atoms in total. The summed E-state index contributed by atoms with van der Waals surface area (Å²) in [5, 5.41) is 0. The third kappa shape index (κ3) is 4.14. The number of ether oxygens (including phenoxy) is 1. The van der Waals surface area contributed by atoms with Gasteiger partial charge in [-0.15, -0.1) is 0 Å². The van der Waals surface area contributed by atoms with Gasteiger partial charge >= 0.3 is 0 Å². The van der Waals surface area contributed by atoms with Gasteiger partial charge in [0.25, 0.3) is 10.0 Å². The van der Waals surface area contributed by atoms with Gasteiger partial charge in [-0.25, -0.2) is 12.8 Å². The first kappa shape index (κ1) is 17.1. The number of hydrogen-bond acceptors (Lipinski definition) is 4. The minimum atomic E-state index is -3.95. The maximum Gasteiger partial charge on any atom is 0.261 e. The van der Waals surface area contributed by atoms with Crippen molar-refractivity contribution in [2.75, 3.05) is 11.8 Å². The predicted molar refractivity (Wildman–Crippen MR) is 84.4 cm³/mol. The van der Waals surface area contributed by atoms with Crippen LogP contribution in [0.3, 0.4) is 0 Å². The zero-order valence-electron chi connectivity index (χ0n) is 12.7. The standard InChI is InChI=1S/C16H16FNO4S/c1-11(19)15-7-6-13(17)9-16(15)18-23(20,21)14-5-3-4-12(8-14)10-22-2/h3-9,18H,10H2,1-2H3. The summed E-state index contributed by atoms with van der Waals surface area (Å²) in [4.78, 5) is 11.6. The summed E-state index contributed by atoms with van der Waals surface area (Å²) in [7, 11) is -2.45. The lowest BCUT2D eigenvalue weighted by atomic mass is 10.1. The van der Waals surface area contributed by atoms with E-state index in [0.717, 1.165) is 12.1 Å². The van der Waals surface area contributed by atoms with E-state index in [4.69, 9.17) is 4.74 Å². The zero-order chi connectivity index (χ0) is 17.0. The van der Waals surface area contributed by atoms with Crippen molar-refractivity contribution in [3.8, 4) is 0 Å². The third-order valence-corrected chi connectivity index (χ3v) is 4.49. The number of carbonyl (C=O) groups excluding carboxylic acids is 1. The number of anilines is 1. The summed E-state index contributed by atoms with van der Waals surface area (Å²) in [6, 6.07) is 9.51. The molecule has 0 heterocycles. The summed E-state index contributed by atoms with van der Waals surface area (Å²) < 4.78 is 45.5. The smallest absolute Gasteiger partial charge is 0.261 e. The number of halogens is 1. The van der Waals surface area contributed by atoms with E-state index in [9.17, 15) is 17.6 Å². The fraction of sp³-hybridized carbons (Fsp3) is 0.188. The highest BCUT2D eigenvalue weighted by Gasteiger charge is 2.18. The summed E-state index contributed by atoms with van der Waals surface area (Å²) in [5.41, 5.74) is 0.694. The van der Waals surface area contributed by atoms with Crippen molar-refractivity contribution in [1.82, 2.24) is 0 Å². The molecule has 0 aliphatic carbocycles. The van der Waals surface area contributed by atoms with Crippen LogP contribution in [-0.2, 0) is 21.4 Å². The van der Waals surface area contributed by atoms with Gasteiger partial charge in [0.05, 0.1) is 17.2 Å². The van der Waals surface area contributed by atoms with E-state index >= 15 is 0 Å². The number of Topliss-reactive ketones (excluding diaryl/α,β-unsaturated/α-hetero) is 1. The van der Waals surface area contributed by atoms with E-state index in [2.05, 4.69) is 4.72 Å². The van der Waals surface area contributed by atoms with Crippen molar-refractivity contribution < 1.29 is 22.3 Å². The van der Waals surface area contributed by atoms with Crippen LogP contribution >= 0.6 is 0 Å². The van der Waals surface area contributed by atoms with Gasteiger partial charge in [0, 0.05) is 12.7 Å². The van der Waals surface area contributed by atoms with Crippen LogP contribution < -0.4 is 4.72 Å². The van der Waals surface area contributed by atoms with Gasteiger partial charge in [-0.3, -0.25) is 9.52 Å². The molecule has 122 valence electrons. The number of hydrogen-bond donors (Lipinski definition) is 1. The maximum absolute atomic E-state index is 13.4. The molecule has 2 aromatic rings. The molecule has 0 bridgehead atoms. The number of ketones is 1. The summed E-state index contributed by atoms with van der Waals surface area (Å²) >= 11 is 0. The van der Waals surface area contributed by atoms with Crippen LogP contribution in [0, 0.1) is 5.82 Å². The Labute approximate surface area is 134 Å². The fourth-order valence-corrected chi connectivity index (χ4v) is 3.22. The van der Waals surface area contributed by atoms with Gasteiger partial charge in [-0.2, -0.15) is 0 Å². The molecule has 0 fully saturated rings. The van der Waals surface area contributed by atoms with Crippen LogP contribution in [0.4, 0.5) is 10.1 Å². The van der Waals surface area contributed by atoms with E-state index in [1.54, 1.807) is 12.1 Å². The molecule has 1 N–H and O–H groups in total. The van der Waals surface area contributed by atoms with Gasteiger partial charge in [-0.1, -0.05) is 12.1 Å². The van der Waals surface area contributed by atoms with Crippen molar-refractivity contribution in [3.05, 3.63) is 59.4 Å². The number of nitrogens with one attached hydrogen (secondary N) is 1. The quantitative estimate of drug-likeness (QED) is 0.823. The Balaban J connectivity index is 2.41. The molecule has 0 atom stereocenters. The van der Waals surface area contributed by atoms with Gasteiger partial charge in [-0.05, 0) is 42.8 Å². The minimum absolute atomic E-state index is 0.00538. The molecule has 0 saturated carbocycles. The third-order valence-electron chi connectivity index (χ3n) is 3.12. The van der Waals surface area contributed by atoms with Gasteiger partial charge < -0.3 is 4.74 Å². The lowest BCUT2D eigenvalue weighted by molar-refractivity contribution is 0.101. The van der Waals surface area contributed by atoms with E-state index in [0.29, 0.717) is 5.56 Å². The molecule has 23 heavy (non-hydrogen) atoms. The van der Waals surface area contributed by atoms with Gasteiger partial charge in [0.2, 0.25) is 0 Å². The number of methoxy groups -OCH3 is 1. The van der Waals surface area contributed by atoms with E-state index in [-0.39, 0.29) is 28.5 Å². The van der Waals surface area contributed by atoms with Crippen molar-refractivity contribution in [3.63, 3.8) is 0 Å². The molecule has 0 aromatic heterocycles. The molecular formula is C16H16FNO4S. The number of carbonyl (C=O) groups is 1. The van der Waals surface area contributed by atoms with E-state index < -0.39 is 15.8 Å². The van der Waals surface area contributed by atoms with Gasteiger partial charge in [0.15, 0.2) is 5.78 Å². The monoisotopic (exact) mass is 337 g/mol. The first-order valence-corrected chi connectivity index (χ1v) is 8.23. The first-order chi connectivity index (χ1) is 10.8. The number of benzene rings is 2. The highest BCUT2D eigenvalue weighted by atomic mass is 32.2. The zero-order valence-corrected chi connectivity index (χ0v) is 13.5. The van der Waals surface area contributed by atoms with Crippen molar-refractivity contribution >= 4 is 21.5 Å². The Hall–Kier alpha value is -2.25. The Morgan fingerprint density at radius 3 is 2.61 bits per heavy atom. The summed E-state index contributed by atoms with van der Waals surface area (Å²) in [6.07, 6.45) is 0. The summed E-state index contributed by atoms with van der Waals surface area (Å²) in [6.45, 7) is 1.55. The molecule has 0 unspecified atom stereocenters. The molecule has 2 rings (SSSR count). The average Bonchev–Trinajstić information content (AvgIpc) is 2.47. The number of sulfonamides is 1. The van der Waals surface area contributed by atoms with Crippen molar-refractivity contribution in [1.29, 1.82) is 0 Å². The first-order valence-electron chi connectivity index (χ1n) is 6.74. The van der Waals surface area contributed by atoms with Gasteiger partial charge in [0.1, 0.15) is 5.82 Å². The Kier molecular flexibility index (Phi) is 5.12. The lowest BCUT2D eigenvalue weighted by Crippen LogP contribution is -2.15. The maximum atomic E-state index is 13.4. The molecule has 0 amide bonds. The van der Waals surface area contributed by atoms with Crippen molar-refractivity contribution in [2.24, 2.45) is 0 Å². The minimum Gasteiger partial charge on any atom is -0.380 e. The Bertz CT molecular complexity index is 834. The second-order valence-corrected chi connectivity index (χ2v) is 6.61. The SMILES string of the molecule is COCc1cccc(S(=O)(=O)Nc2cc(F)ccc2C(C)=O)c1. The van der Waals surface area contributed by atoms with Crippen LogP contribution in [-0.4, -0.2) is 21.3 Å². The van der Waals surface area contributed by atoms with Crippen molar-refractivity contribution in [2.45, 2.75) is 18.4 Å². The van der Waals surface area contributed by atoms with Crippen LogP contribution in [0.15, 0.2) is 47.4 Å². The van der Waals surface area contributed by atoms with Crippen LogP contribution in [0.1, 0.15) is 22.8 Å². The molecule has 7 heteroatoms. The van der Waals surface area contributed by atoms with Crippen LogP contribution in [0.2, 0.25) is 0 Å². The molecule has 0 saturated heterocycles. The van der Waals surface area contributed by atoms with E-state index in [1.807, 2.05) is 0 Å². The van der Waals surface area contributed by atoms with Crippen LogP contribution in [0.25, 0.3) is 0 Å². The normalized spacial score (nSPS) is 11.3. The Morgan fingerprint density at radius 2 is 1.96 bits per heavy atom. The predicted octanol–water partition coefficient (Wildman–Crippen LogP) is 2.98. The molecular weight excluding hydrogens is 321 g/mol. The number of rotatable bonds is 6. The molecule has 0 aliphatic heterocycles.